The zero-order valence-electron chi connectivity index (χ0n) is 11.9. The fraction of sp³-hybridized carbons (Fsp3) is 0. The molecule has 0 amide bonds. The Bertz CT molecular complexity index is 882. The fourth-order valence-corrected chi connectivity index (χ4v) is 2.23. The third kappa shape index (κ3) is 4.23. The molecule has 116 valence electrons. The van der Waals surface area contributed by atoms with Gasteiger partial charge in [0, 0.05) is 5.56 Å². The van der Waals surface area contributed by atoms with Crippen LogP contribution in [0.15, 0.2) is 64.6 Å². The topological polar surface area (TPSA) is 132 Å². The van der Waals surface area contributed by atoms with Crippen LogP contribution in [0.1, 0.15) is 5.56 Å². The van der Waals surface area contributed by atoms with Crippen LogP contribution in [0.5, 0.6) is 0 Å². The normalized spacial score (nSPS) is 11.6. The molecule has 2 rings (SSSR count). The first-order valence-electron chi connectivity index (χ1n) is 6.43. The summed E-state index contributed by atoms with van der Waals surface area (Å²) in [5.41, 5.74) is 3.54. The first kappa shape index (κ1) is 16.4. The lowest BCUT2D eigenvalue weighted by Crippen LogP contribution is -2.14. The van der Waals surface area contributed by atoms with Gasteiger partial charge in [0.1, 0.15) is 6.07 Å². The average Bonchev–Trinajstić information content (AvgIpc) is 2.55. The second-order valence-corrected chi connectivity index (χ2v) is 6.06. The first-order valence-corrected chi connectivity index (χ1v) is 7.97. The van der Waals surface area contributed by atoms with Crippen LogP contribution in [0.25, 0.3) is 0 Å². The molecule has 7 nitrogen and oxygen atoms in total. The van der Waals surface area contributed by atoms with Gasteiger partial charge in [0.25, 0.3) is 0 Å². The molecule has 0 saturated carbocycles. The van der Waals surface area contributed by atoms with Crippen molar-refractivity contribution in [3.8, 4) is 6.07 Å². The number of benzene rings is 2. The highest BCUT2D eigenvalue weighted by molar-refractivity contribution is 7.89. The largest absolute Gasteiger partial charge is 0.297 e. The van der Waals surface area contributed by atoms with Crippen molar-refractivity contribution in [2.24, 2.45) is 10.2 Å². The van der Waals surface area contributed by atoms with Gasteiger partial charge in [-0.05, 0) is 24.3 Å². The number of hydrogen-bond acceptors (Lipinski definition) is 6. The van der Waals surface area contributed by atoms with Crippen molar-refractivity contribution in [2.45, 2.75) is 4.90 Å². The number of hydrogen-bond donors (Lipinski definition) is 3. The second-order valence-electron chi connectivity index (χ2n) is 4.49. The molecule has 0 fully saturated rings. The summed E-state index contributed by atoms with van der Waals surface area (Å²) >= 11 is 0. The lowest BCUT2D eigenvalue weighted by atomic mass is 10.1. The van der Waals surface area contributed by atoms with Gasteiger partial charge in [0.05, 0.1) is 16.3 Å². The number of nitriles is 1. The predicted octanol–water partition coefficient (Wildman–Crippen LogP) is 1.69. The number of rotatable bonds is 5. The van der Waals surface area contributed by atoms with Crippen LogP contribution in [-0.2, 0) is 10.0 Å². The Morgan fingerprint density at radius 3 is 2.26 bits per heavy atom. The van der Waals surface area contributed by atoms with Crippen molar-refractivity contribution in [3.05, 3.63) is 60.2 Å². The van der Waals surface area contributed by atoms with E-state index >= 15 is 0 Å². The minimum Gasteiger partial charge on any atom is -0.297 e. The lowest BCUT2D eigenvalue weighted by Gasteiger charge is -2.04. The van der Waals surface area contributed by atoms with Crippen LogP contribution < -0.4 is 10.6 Å². The minimum atomic E-state index is -3.76. The molecule has 0 aliphatic heterocycles. The van der Waals surface area contributed by atoms with Gasteiger partial charge in [-0.25, -0.2) is 13.6 Å². The molecular formula is C15H13N5O2S. The minimum absolute atomic E-state index is 0.0123. The molecule has 2 aromatic rings. The van der Waals surface area contributed by atoms with E-state index in [9.17, 15) is 8.42 Å². The van der Waals surface area contributed by atoms with Crippen molar-refractivity contribution in [2.75, 3.05) is 5.43 Å². The van der Waals surface area contributed by atoms with Gasteiger partial charge in [0.2, 0.25) is 10.0 Å². The van der Waals surface area contributed by atoms with E-state index in [2.05, 4.69) is 10.5 Å². The number of nitrogens with two attached hydrogens (primary N) is 1. The van der Waals surface area contributed by atoms with Crippen molar-refractivity contribution >= 4 is 27.1 Å². The molecule has 0 heterocycles. The van der Waals surface area contributed by atoms with E-state index in [0.717, 1.165) is 0 Å². The van der Waals surface area contributed by atoms with E-state index in [1.54, 1.807) is 24.3 Å². The highest BCUT2D eigenvalue weighted by Gasteiger charge is 2.09. The summed E-state index contributed by atoms with van der Waals surface area (Å²) in [5.74, 6) is 0. The smallest absolute Gasteiger partial charge is 0.238 e. The summed E-state index contributed by atoms with van der Waals surface area (Å²) < 4.78 is 22.3. The monoisotopic (exact) mass is 327 g/mol. The van der Waals surface area contributed by atoms with E-state index in [1.807, 2.05) is 12.1 Å². The molecule has 0 saturated heterocycles. The summed E-state index contributed by atoms with van der Waals surface area (Å²) in [5, 5.41) is 26.0. The summed E-state index contributed by atoms with van der Waals surface area (Å²) in [6, 6.07) is 16.2. The third-order valence-corrected chi connectivity index (χ3v) is 3.81. The molecule has 0 radical (unpaired) electrons. The Morgan fingerprint density at radius 1 is 1.13 bits per heavy atom. The summed E-state index contributed by atoms with van der Waals surface area (Å²) in [7, 11) is -3.76. The Labute approximate surface area is 133 Å². The molecular weight excluding hydrogens is 314 g/mol. The van der Waals surface area contributed by atoms with E-state index < -0.39 is 10.0 Å². The van der Waals surface area contributed by atoms with Crippen LogP contribution in [0.3, 0.4) is 0 Å². The quantitative estimate of drug-likeness (QED) is 0.569. The molecule has 8 heteroatoms. The van der Waals surface area contributed by atoms with Gasteiger partial charge in [-0.2, -0.15) is 10.4 Å². The number of primary sulfonamides is 1. The second kappa shape index (κ2) is 6.83. The van der Waals surface area contributed by atoms with E-state index in [0.29, 0.717) is 11.3 Å². The van der Waals surface area contributed by atoms with Crippen molar-refractivity contribution in [1.29, 1.82) is 10.7 Å². The molecule has 23 heavy (non-hydrogen) atoms. The number of anilines is 1. The fourth-order valence-electron chi connectivity index (χ4n) is 1.72. The molecule has 0 bridgehead atoms. The molecule has 0 aliphatic rings. The maximum atomic E-state index is 11.2. The Morgan fingerprint density at radius 2 is 1.74 bits per heavy atom. The van der Waals surface area contributed by atoms with Gasteiger partial charge in [-0.1, -0.05) is 30.3 Å². The maximum absolute atomic E-state index is 11.2. The Kier molecular flexibility index (Phi) is 4.85. The van der Waals surface area contributed by atoms with Crippen LogP contribution in [-0.4, -0.2) is 19.8 Å². The van der Waals surface area contributed by atoms with Gasteiger partial charge < -0.3 is 0 Å². The number of sulfonamides is 1. The molecule has 0 spiro atoms. The summed E-state index contributed by atoms with van der Waals surface area (Å²) in [6.45, 7) is 0. The standard InChI is InChI=1S/C15H13N5O2S/c16-10-14(15(17)11-4-2-1-3-5-11)20-19-12-6-8-13(9-7-12)23(18,21)22/h1-9,17,19H,(H2,18,21,22)/b17-15?,20-14+. The third-order valence-electron chi connectivity index (χ3n) is 2.88. The van der Waals surface area contributed by atoms with Crippen LogP contribution in [0, 0.1) is 16.7 Å². The SMILES string of the molecule is N#C/C(=N\Nc1ccc(S(N)(=O)=O)cc1)C(=N)c1ccccc1. The number of nitrogens with one attached hydrogen (secondary N) is 2. The first-order chi connectivity index (χ1) is 10.9. The van der Waals surface area contributed by atoms with Crippen LogP contribution >= 0.6 is 0 Å². The molecule has 2 aromatic carbocycles. The Balaban J connectivity index is 2.17. The Hall–Kier alpha value is -3.02. The molecule has 0 aromatic heterocycles. The van der Waals surface area contributed by atoms with Gasteiger partial charge >= 0.3 is 0 Å². The van der Waals surface area contributed by atoms with Crippen LogP contribution in [0.4, 0.5) is 5.69 Å². The lowest BCUT2D eigenvalue weighted by molar-refractivity contribution is 0.598. The molecule has 0 aliphatic carbocycles. The number of hydrazone groups is 1. The van der Waals surface area contributed by atoms with E-state index in [1.165, 1.54) is 24.3 Å². The highest BCUT2D eigenvalue weighted by atomic mass is 32.2. The van der Waals surface area contributed by atoms with Crippen LogP contribution in [0.2, 0.25) is 0 Å². The van der Waals surface area contributed by atoms with Gasteiger partial charge in [-0.3, -0.25) is 10.8 Å². The summed E-state index contributed by atoms with van der Waals surface area (Å²) in [4.78, 5) is -0.0236. The van der Waals surface area contributed by atoms with E-state index in [-0.39, 0.29) is 16.3 Å². The zero-order chi connectivity index (χ0) is 16.9. The molecule has 0 atom stereocenters. The number of nitrogens with zero attached hydrogens (tertiary/aromatic N) is 2. The molecule has 4 N–H and O–H groups in total. The summed E-state index contributed by atoms with van der Waals surface area (Å²) in [6.07, 6.45) is 0. The maximum Gasteiger partial charge on any atom is 0.238 e. The van der Waals surface area contributed by atoms with Gasteiger partial charge in [0.15, 0.2) is 5.71 Å². The highest BCUT2D eigenvalue weighted by Crippen LogP contribution is 2.13. The zero-order valence-corrected chi connectivity index (χ0v) is 12.7. The predicted molar refractivity (Wildman–Crippen MR) is 87.8 cm³/mol. The van der Waals surface area contributed by atoms with Gasteiger partial charge in [-0.15, -0.1) is 0 Å². The van der Waals surface area contributed by atoms with Crippen molar-refractivity contribution in [3.63, 3.8) is 0 Å². The van der Waals surface area contributed by atoms with Crippen molar-refractivity contribution in [1.82, 2.24) is 0 Å². The van der Waals surface area contributed by atoms with Crippen molar-refractivity contribution < 1.29 is 8.42 Å². The molecule has 0 unspecified atom stereocenters. The van der Waals surface area contributed by atoms with E-state index in [4.69, 9.17) is 15.8 Å². The average molecular weight is 327 g/mol.